The molecule has 2 aromatic carbocycles. The molecule has 3 aromatic rings. The number of thiazole rings is 1. The van der Waals surface area contributed by atoms with Gasteiger partial charge in [0.25, 0.3) is 5.91 Å². The fourth-order valence-corrected chi connectivity index (χ4v) is 3.16. The highest BCUT2D eigenvalue weighted by atomic mass is 32.1. The van der Waals surface area contributed by atoms with Crippen molar-refractivity contribution in [2.45, 2.75) is 25.5 Å². The third-order valence-electron chi connectivity index (χ3n) is 4.28. The van der Waals surface area contributed by atoms with Crippen molar-refractivity contribution in [3.8, 4) is 5.75 Å². The van der Waals surface area contributed by atoms with E-state index in [-0.39, 0.29) is 11.9 Å². The number of amides is 3. The molecule has 0 unspecified atom stereocenters. The van der Waals surface area contributed by atoms with Gasteiger partial charge in [-0.3, -0.25) is 4.79 Å². The number of hydrogen-bond acceptors (Lipinski definition) is 5. The number of carbonyl (C=O) groups excluding carboxylic acids is 2. The maximum absolute atomic E-state index is 12.5. The standard InChI is InChI=1S/C21H20N4O3S/c26-20(14-2-1-3-19(10-14)28-11-18-12-29-13-22-18)23-15-4-6-16(7-5-15)24-21(27)25-17-8-9-17/h1-7,10,12-13,17H,8-9,11H2,(H,23,26)(H2,24,25,27). The van der Waals surface area contributed by atoms with Gasteiger partial charge in [-0.2, -0.15) is 0 Å². The van der Waals surface area contributed by atoms with E-state index in [9.17, 15) is 9.59 Å². The van der Waals surface area contributed by atoms with Crippen LogP contribution in [0.4, 0.5) is 16.2 Å². The van der Waals surface area contributed by atoms with Gasteiger partial charge >= 0.3 is 6.03 Å². The van der Waals surface area contributed by atoms with Crippen LogP contribution in [0.1, 0.15) is 28.9 Å². The molecule has 0 radical (unpaired) electrons. The number of aromatic nitrogens is 1. The van der Waals surface area contributed by atoms with Gasteiger partial charge in [-0.05, 0) is 55.3 Å². The number of anilines is 2. The molecule has 0 aliphatic heterocycles. The number of carbonyl (C=O) groups is 2. The van der Waals surface area contributed by atoms with Crippen LogP contribution in [0.2, 0.25) is 0 Å². The third kappa shape index (κ3) is 5.55. The fourth-order valence-electron chi connectivity index (χ4n) is 2.61. The molecular formula is C21H20N4O3S. The van der Waals surface area contributed by atoms with Crippen LogP contribution in [0, 0.1) is 0 Å². The van der Waals surface area contributed by atoms with E-state index in [1.807, 2.05) is 5.38 Å². The molecule has 1 fully saturated rings. The molecule has 8 heteroatoms. The van der Waals surface area contributed by atoms with Crippen LogP contribution in [-0.4, -0.2) is 23.0 Å². The normalized spacial score (nSPS) is 12.8. The molecule has 1 aliphatic rings. The lowest BCUT2D eigenvalue weighted by atomic mass is 10.2. The summed E-state index contributed by atoms with van der Waals surface area (Å²) in [5, 5.41) is 10.4. The summed E-state index contributed by atoms with van der Waals surface area (Å²) in [4.78, 5) is 28.5. The van der Waals surface area contributed by atoms with Crippen LogP contribution in [0.5, 0.6) is 5.75 Å². The van der Waals surface area contributed by atoms with Gasteiger partial charge in [-0.25, -0.2) is 9.78 Å². The summed E-state index contributed by atoms with van der Waals surface area (Å²) in [5.74, 6) is 0.364. The minimum atomic E-state index is -0.240. The third-order valence-corrected chi connectivity index (χ3v) is 4.91. The Labute approximate surface area is 172 Å². The van der Waals surface area contributed by atoms with Gasteiger partial charge in [0.05, 0.1) is 11.2 Å². The van der Waals surface area contributed by atoms with E-state index in [1.165, 1.54) is 11.3 Å². The zero-order valence-electron chi connectivity index (χ0n) is 15.6. The molecule has 0 spiro atoms. The van der Waals surface area contributed by atoms with Crippen LogP contribution in [0.25, 0.3) is 0 Å². The molecule has 1 aliphatic carbocycles. The molecule has 0 saturated heterocycles. The maximum atomic E-state index is 12.5. The fraction of sp³-hybridized carbons (Fsp3) is 0.190. The smallest absolute Gasteiger partial charge is 0.319 e. The first-order valence-electron chi connectivity index (χ1n) is 9.24. The van der Waals surface area contributed by atoms with Crippen molar-refractivity contribution < 1.29 is 14.3 Å². The molecule has 29 heavy (non-hydrogen) atoms. The zero-order chi connectivity index (χ0) is 20.1. The zero-order valence-corrected chi connectivity index (χ0v) is 16.4. The number of ether oxygens (including phenoxy) is 1. The van der Waals surface area contributed by atoms with Gasteiger partial charge in [-0.1, -0.05) is 6.07 Å². The van der Waals surface area contributed by atoms with Crippen molar-refractivity contribution >= 4 is 34.6 Å². The Kier molecular flexibility index (Phi) is 5.71. The highest BCUT2D eigenvalue weighted by molar-refractivity contribution is 7.07. The second-order valence-electron chi connectivity index (χ2n) is 6.70. The second kappa shape index (κ2) is 8.74. The average molecular weight is 408 g/mol. The van der Waals surface area contributed by atoms with Crippen LogP contribution in [0.3, 0.4) is 0 Å². The van der Waals surface area contributed by atoms with E-state index in [1.54, 1.807) is 54.0 Å². The van der Waals surface area contributed by atoms with Gasteiger partial charge in [0.15, 0.2) is 0 Å². The number of urea groups is 1. The minimum Gasteiger partial charge on any atom is -0.487 e. The predicted octanol–water partition coefficient (Wildman–Crippen LogP) is 4.26. The highest BCUT2D eigenvalue weighted by Crippen LogP contribution is 2.20. The molecule has 0 atom stereocenters. The topological polar surface area (TPSA) is 92.4 Å². The van der Waals surface area contributed by atoms with Crippen LogP contribution in [-0.2, 0) is 6.61 Å². The Morgan fingerprint density at radius 1 is 1.07 bits per heavy atom. The Morgan fingerprint density at radius 2 is 1.83 bits per heavy atom. The van der Waals surface area contributed by atoms with Crippen molar-refractivity contribution in [1.29, 1.82) is 0 Å². The quantitative estimate of drug-likeness (QED) is 0.545. The number of hydrogen-bond donors (Lipinski definition) is 3. The molecule has 3 amide bonds. The summed E-state index contributed by atoms with van der Waals surface area (Å²) in [7, 11) is 0. The Bertz CT molecular complexity index is 985. The Balaban J connectivity index is 1.32. The van der Waals surface area contributed by atoms with E-state index >= 15 is 0 Å². The predicted molar refractivity (Wildman–Crippen MR) is 112 cm³/mol. The summed E-state index contributed by atoms with van der Waals surface area (Å²) < 4.78 is 5.69. The SMILES string of the molecule is O=C(Nc1ccc(NC(=O)c2cccc(OCc3cscn3)c2)cc1)NC1CC1. The molecule has 7 nitrogen and oxygen atoms in total. The molecule has 148 valence electrons. The molecule has 0 bridgehead atoms. The van der Waals surface area contributed by atoms with Gasteiger partial charge < -0.3 is 20.7 Å². The van der Waals surface area contributed by atoms with Crippen molar-refractivity contribution in [3.63, 3.8) is 0 Å². The lowest BCUT2D eigenvalue weighted by Gasteiger charge is -2.10. The minimum absolute atomic E-state index is 0.209. The number of benzene rings is 2. The number of rotatable bonds is 7. The summed E-state index contributed by atoms with van der Waals surface area (Å²) in [6.45, 7) is 0.358. The van der Waals surface area contributed by atoms with Crippen molar-refractivity contribution in [3.05, 3.63) is 70.7 Å². The summed E-state index contributed by atoms with van der Waals surface area (Å²) in [6, 6.07) is 14.1. The van der Waals surface area contributed by atoms with Crippen molar-refractivity contribution in [1.82, 2.24) is 10.3 Å². The van der Waals surface area contributed by atoms with E-state index in [0.717, 1.165) is 18.5 Å². The first-order chi connectivity index (χ1) is 14.2. The Hall–Kier alpha value is -3.39. The molecule has 1 heterocycles. The monoisotopic (exact) mass is 408 g/mol. The molecular weight excluding hydrogens is 388 g/mol. The lowest BCUT2D eigenvalue weighted by Crippen LogP contribution is -2.30. The summed E-state index contributed by atoms with van der Waals surface area (Å²) in [5.41, 5.74) is 4.40. The number of nitrogens with one attached hydrogen (secondary N) is 3. The van der Waals surface area contributed by atoms with Gasteiger partial charge in [0.1, 0.15) is 12.4 Å². The van der Waals surface area contributed by atoms with Crippen LogP contribution in [0.15, 0.2) is 59.4 Å². The second-order valence-corrected chi connectivity index (χ2v) is 7.42. The molecule has 3 N–H and O–H groups in total. The highest BCUT2D eigenvalue weighted by Gasteiger charge is 2.23. The average Bonchev–Trinajstić information content (AvgIpc) is 3.38. The van der Waals surface area contributed by atoms with E-state index in [2.05, 4.69) is 20.9 Å². The maximum Gasteiger partial charge on any atom is 0.319 e. The largest absolute Gasteiger partial charge is 0.487 e. The molecule has 4 rings (SSSR count). The first-order valence-corrected chi connectivity index (χ1v) is 10.2. The van der Waals surface area contributed by atoms with Crippen LogP contribution >= 0.6 is 11.3 Å². The van der Waals surface area contributed by atoms with Gasteiger partial charge in [-0.15, -0.1) is 11.3 Å². The molecule has 1 aromatic heterocycles. The summed E-state index contributed by atoms with van der Waals surface area (Å²) in [6.07, 6.45) is 2.07. The van der Waals surface area contributed by atoms with Gasteiger partial charge in [0, 0.05) is 28.4 Å². The van der Waals surface area contributed by atoms with E-state index < -0.39 is 0 Å². The number of nitrogens with zero attached hydrogens (tertiary/aromatic N) is 1. The Morgan fingerprint density at radius 3 is 2.52 bits per heavy atom. The van der Waals surface area contributed by atoms with Gasteiger partial charge in [0.2, 0.25) is 0 Å². The van der Waals surface area contributed by atoms with Crippen LogP contribution < -0.4 is 20.7 Å². The summed E-state index contributed by atoms with van der Waals surface area (Å²) >= 11 is 1.51. The van der Waals surface area contributed by atoms with E-state index in [0.29, 0.717) is 35.3 Å². The van der Waals surface area contributed by atoms with E-state index in [4.69, 9.17) is 4.74 Å². The lowest BCUT2D eigenvalue weighted by molar-refractivity contribution is 0.102. The van der Waals surface area contributed by atoms with Crippen molar-refractivity contribution in [2.24, 2.45) is 0 Å². The van der Waals surface area contributed by atoms with Crippen molar-refractivity contribution in [2.75, 3.05) is 10.6 Å². The molecule has 1 saturated carbocycles. The first kappa shape index (κ1) is 18.9.